The van der Waals surface area contributed by atoms with Crippen molar-refractivity contribution in [3.05, 3.63) is 59.4 Å². The zero-order valence-electron chi connectivity index (χ0n) is 17.7. The van der Waals surface area contributed by atoms with Crippen molar-refractivity contribution in [2.45, 2.75) is 36.6 Å². The van der Waals surface area contributed by atoms with E-state index in [1.165, 1.54) is 23.5 Å². The number of carbonyl (C=O) groups excluding carboxylic acids is 1. The highest BCUT2D eigenvalue weighted by Crippen LogP contribution is 2.21. The van der Waals surface area contributed by atoms with E-state index in [0.717, 1.165) is 18.2 Å². The molecule has 170 valence electrons. The van der Waals surface area contributed by atoms with Gasteiger partial charge in [-0.25, -0.2) is 25.9 Å². The summed E-state index contributed by atoms with van der Waals surface area (Å²) in [4.78, 5) is 12.4. The lowest BCUT2D eigenvalue weighted by Gasteiger charge is -2.19. The SMILES string of the molecule is CCN(CC)S(=O)(=O)c1ccc(C(C)NC(=O)c2cc(S(=O)(=O)NC)ccc2F)cc1. The Morgan fingerprint density at radius 3 is 2.06 bits per heavy atom. The van der Waals surface area contributed by atoms with Crippen molar-refractivity contribution in [1.82, 2.24) is 14.3 Å². The fourth-order valence-corrected chi connectivity index (χ4v) is 5.18. The second-order valence-corrected chi connectivity index (χ2v) is 10.5. The van der Waals surface area contributed by atoms with Gasteiger partial charge in [-0.15, -0.1) is 0 Å². The Hall–Kier alpha value is -2.34. The van der Waals surface area contributed by atoms with Crippen molar-refractivity contribution in [1.29, 1.82) is 0 Å². The molecule has 0 saturated carbocycles. The zero-order valence-corrected chi connectivity index (χ0v) is 19.3. The largest absolute Gasteiger partial charge is 0.345 e. The highest BCUT2D eigenvalue weighted by atomic mass is 32.2. The number of hydrogen-bond donors (Lipinski definition) is 2. The Kier molecular flexibility index (Phi) is 7.93. The van der Waals surface area contributed by atoms with Crippen LogP contribution in [0, 0.1) is 5.82 Å². The fourth-order valence-electron chi connectivity index (χ4n) is 2.96. The van der Waals surface area contributed by atoms with E-state index in [1.54, 1.807) is 32.9 Å². The number of halogens is 1. The number of nitrogens with one attached hydrogen (secondary N) is 2. The summed E-state index contributed by atoms with van der Waals surface area (Å²) in [6.07, 6.45) is 0. The molecule has 0 heterocycles. The van der Waals surface area contributed by atoms with Gasteiger partial charge in [0, 0.05) is 13.1 Å². The number of amides is 1. The summed E-state index contributed by atoms with van der Waals surface area (Å²) in [5.74, 6) is -1.65. The van der Waals surface area contributed by atoms with Gasteiger partial charge in [-0.3, -0.25) is 4.79 Å². The van der Waals surface area contributed by atoms with Gasteiger partial charge in [0.15, 0.2) is 0 Å². The van der Waals surface area contributed by atoms with Crippen LogP contribution < -0.4 is 10.0 Å². The van der Waals surface area contributed by atoms with Crippen LogP contribution in [0.1, 0.15) is 42.7 Å². The van der Waals surface area contributed by atoms with Crippen molar-refractivity contribution < 1.29 is 26.0 Å². The highest BCUT2D eigenvalue weighted by molar-refractivity contribution is 7.89. The molecule has 11 heteroatoms. The van der Waals surface area contributed by atoms with Crippen LogP contribution >= 0.6 is 0 Å². The van der Waals surface area contributed by atoms with Gasteiger partial charge in [-0.05, 0) is 49.9 Å². The first-order valence-electron chi connectivity index (χ1n) is 9.62. The molecular weight excluding hydrogens is 445 g/mol. The maximum absolute atomic E-state index is 14.1. The first-order valence-corrected chi connectivity index (χ1v) is 12.5. The summed E-state index contributed by atoms with van der Waals surface area (Å²) in [5, 5.41) is 2.60. The lowest BCUT2D eigenvalue weighted by Crippen LogP contribution is -2.30. The Labute approximate surface area is 182 Å². The molecule has 0 fully saturated rings. The van der Waals surface area contributed by atoms with Crippen molar-refractivity contribution in [3.63, 3.8) is 0 Å². The summed E-state index contributed by atoms with van der Waals surface area (Å²) in [6.45, 7) is 5.85. The van der Waals surface area contributed by atoms with Gasteiger partial charge >= 0.3 is 0 Å². The van der Waals surface area contributed by atoms with Crippen molar-refractivity contribution in [2.24, 2.45) is 0 Å². The van der Waals surface area contributed by atoms with Gasteiger partial charge in [0.25, 0.3) is 5.91 Å². The average molecular weight is 472 g/mol. The molecular formula is C20H26FN3O5S2. The minimum absolute atomic E-state index is 0.134. The van der Waals surface area contributed by atoms with E-state index < -0.39 is 43.4 Å². The first-order chi connectivity index (χ1) is 14.5. The van der Waals surface area contributed by atoms with Gasteiger partial charge in [-0.1, -0.05) is 26.0 Å². The summed E-state index contributed by atoms with van der Waals surface area (Å²) >= 11 is 0. The van der Waals surface area contributed by atoms with Gasteiger partial charge in [0.1, 0.15) is 5.82 Å². The fraction of sp³-hybridized carbons (Fsp3) is 0.350. The molecule has 0 spiro atoms. The zero-order chi connectivity index (χ0) is 23.4. The quantitative estimate of drug-likeness (QED) is 0.583. The van der Waals surface area contributed by atoms with E-state index in [9.17, 15) is 26.0 Å². The highest BCUT2D eigenvalue weighted by Gasteiger charge is 2.23. The predicted molar refractivity (Wildman–Crippen MR) is 115 cm³/mol. The topological polar surface area (TPSA) is 113 Å². The van der Waals surface area contributed by atoms with Crippen LogP contribution in [0.3, 0.4) is 0 Å². The third-order valence-corrected chi connectivity index (χ3v) is 8.31. The van der Waals surface area contributed by atoms with E-state index in [2.05, 4.69) is 10.0 Å². The Balaban J connectivity index is 2.24. The number of carbonyl (C=O) groups is 1. The minimum atomic E-state index is -3.84. The lowest BCUT2D eigenvalue weighted by atomic mass is 10.1. The number of hydrogen-bond acceptors (Lipinski definition) is 5. The van der Waals surface area contributed by atoms with Crippen LogP contribution in [0.25, 0.3) is 0 Å². The molecule has 2 aromatic rings. The maximum atomic E-state index is 14.1. The Morgan fingerprint density at radius 2 is 1.55 bits per heavy atom. The van der Waals surface area contributed by atoms with Crippen molar-refractivity contribution in [3.8, 4) is 0 Å². The van der Waals surface area contributed by atoms with Crippen molar-refractivity contribution >= 4 is 26.0 Å². The summed E-state index contributed by atoms with van der Waals surface area (Å²) in [7, 11) is -6.23. The molecule has 2 N–H and O–H groups in total. The van der Waals surface area contributed by atoms with Crippen LogP contribution in [-0.2, 0) is 20.0 Å². The number of nitrogens with zero attached hydrogens (tertiary/aromatic N) is 1. The monoisotopic (exact) mass is 471 g/mol. The molecule has 0 saturated heterocycles. The third-order valence-electron chi connectivity index (χ3n) is 4.83. The molecule has 1 amide bonds. The molecule has 1 atom stereocenters. The van der Waals surface area contributed by atoms with E-state index in [-0.39, 0.29) is 9.79 Å². The summed E-state index contributed by atoms with van der Waals surface area (Å²) in [5.41, 5.74) is 0.190. The van der Waals surface area contributed by atoms with Crippen LogP contribution in [-0.4, -0.2) is 47.2 Å². The standard InChI is InChI=1S/C20H26FN3O5S2/c1-5-24(6-2)31(28,29)16-9-7-15(8-10-16)14(3)23-20(25)18-13-17(11-12-19(18)21)30(26,27)22-4/h7-14,22H,5-6H2,1-4H3,(H,23,25). The van der Waals surface area contributed by atoms with Gasteiger partial charge in [0.05, 0.1) is 21.4 Å². The van der Waals surface area contributed by atoms with E-state index in [4.69, 9.17) is 0 Å². The number of rotatable bonds is 9. The smallest absolute Gasteiger partial charge is 0.254 e. The molecule has 2 rings (SSSR count). The molecule has 0 bridgehead atoms. The van der Waals surface area contributed by atoms with Crippen LogP contribution in [0.2, 0.25) is 0 Å². The normalized spacial score (nSPS) is 13.2. The number of sulfonamides is 2. The molecule has 2 aromatic carbocycles. The Bertz CT molecular complexity index is 1150. The Morgan fingerprint density at radius 1 is 1.00 bits per heavy atom. The molecule has 1 unspecified atom stereocenters. The second-order valence-electron chi connectivity index (χ2n) is 6.70. The third kappa shape index (κ3) is 5.48. The van der Waals surface area contributed by atoms with Gasteiger partial charge in [-0.2, -0.15) is 4.31 Å². The molecule has 0 aliphatic rings. The molecule has 0 aliphatic heterocycles. The predicted octanol–water partition coefficient (Wildman–Crippen LogP) is 2.26. The van der Waals surface area contributed by atoms with Gasteiger partial charge < -0.3 is 5.32 Å². The van der Waals surface area contributed by atoms with Crippen LogP contribution in [0.4, 0.5) is 4.39 Å². The van der Waals surface area contributed by atoms with E-state index in [1.807, 2.05) is 0 Å². The van der Waals surface area contributed by atoms with Gasteiger partial charge in [0.2, 0.25) is 20.0 Å². The first kappa shape index (κ1) is 24.9. The van der Waals surface area contributed by atoms with Crippen LogP contribution in [0.5, 0.6) is 0 Å². The molecule has 0 aromatic heterocycles. The lowest BCUT2D eigenvalue weighted by molar-refractivity contribution is 0.0935. The second kappa shape index (κ2) is 9.86. The van der Waals surface area contributed by atoms with Crippen LogP contribution in [0.15, 0.2) is 52.3 Å². The van der Waals surface area contributed by atoms with E-state index >= 15 is 0 Å². The molecule has 31 heavy (non-hydrogen) atoms. The minimum Gasteiger partial charge on any atom is -0.345 e. The maximum Gasteiger partial charge on any atom is 0.254 e. The van der Waals surface area contributed by atoms with E-state index in [0.29, 0.717) is 18.7 Å². The summed E-state index contributed by atoms with van der Waals surface area (Å²) < 4.78 is 66.6. The molecule has 0 radical (unpaired) electrons. The summed E-state index contributed by atoms with van der Waals surface area (Å²) in [6, 6.07) is 8.40. The van der Waals surface area contributed by atoms with Crippen molar-refractivity contribution in [2.75, 3.05) is 20.1 Å². The number of benzene rings is 2. The molecule has 8 nitrogen and oxygen atoms in total. The average Bonchev–Trinajstić information content (AvgIpc) is 2.74. The molecule has 0 aliphatic carbocycles.